The first-order valence-corrected chi connectivity index (χ1v) is 12.5. The largest absolute Gasteiger partial charge is 0.342 e. The van der Waals surface area contributed by atoms with Gasteiger partial charge in [0, 0.05) is 34.8 Å². The van der Waals surface area contributed by atoms with E-state index in [0.717, 1.165) is 27.6 Å². The molecule has 0 radical (unpaired) electrons. The first kappa shape index (κ1) is 23.2. The van der Waals surface area contributed by atoms with Crippen LogP contribution in [0.25, 0.3) is 33.2 Å². The Morgan fingerprint density at radius 2 is 1.54 bits per heavy atom. The fourth-order valence-corrected chi connectivity index (χ4v) is 4.79. The van der Waals surface area contributed by atoms with E-state index in [1.165, 1.54) is 4.68 Å². The molecule has 5 nitrogen and oxygen atoms in total. The van der Waals surface area contributed by atoms with Gasteiger partial charge in [-0.2, -0.15) is 9.78 Å². The third-order valence-electron chi connectivity index (χ3n) is 6.25. The van der Waals surface area contributed by atoms with Gasteiger partial charge in [-0.25, -0.2) is 4.98 Å². The van der Waals surface area contributed by atoms with Crippen LogP contribution in [0, 0.1) is 0 Å². The predicted octanol–water partition coefficient (Wildman–Crippen LogP) is 7.26. The summed E-state index contributed by atoms with van der Waals surface area (Å²) in [6.07, 6.45) is 3.75. The van der Waals surface area contributed by atoms with Gasteiger partial charge in [-0.05, 0) is 35.9 Å². The molecule has 0 bridgehead atoms. The lowest BCUT2D eigenvalue weighted by Crippen LogP contribution is -2.20. The highest BCUT2D eigenvalue weighted by molar-refractivity contribution is 6.42. The van der Waals surface area contributed by atoms with Crippen molar-refractivity contribution in [2.45, 2.75) is 6.54 Å². The number of hydrogen-bond acceptors (Lipinski definition) is 3. The molecule has 0 fully saturated rings. The van der Waals surface area contributed by atoms with E-state index in [0.29, 0.717) is 33.3 Å². The number of nitrogens with zero attached hydrogens (tertiary/aromatic N) is 4. The third kappa shape index (κ3) is 4.44. The lowest BCUT2D eigenvalue weighted by atomic mass is 10.2. The van der Waals surface area contributed by atoms with Gasteiger partial charge in [0.25, 0.3) is 5.56 Å². The van der Waals surface area contributed by atoms with Crippen LogP contribution in [-0.2, 0) is 6.54 Å². The summed E-state index contributed by atoms with van der Waals surface area (Å²) in [4.78, 5) is 18.3. The number of benzene rings is 4. The maximum atomic E-state index is 13.5. The first-order valence-electron chi connectivity index (χ1n) is 11.7. The second-order valence-electron chi connectivity index (χ2n) is 8.66. The van der Waals surface area contributed by atoms with Crippen LogP contribution >= 0.6 is 23.2 Å². The van der Waals surface area contributed by atoms with Gasteiger partial charge in [-0.1, -0.05) is 89.9 Å². The first-order chi connectivity index (χ1) is 18.1. The molecule has 0 unspecified atom stereocenters. The molecule has 7 heteroatoms. The van der Waals surface area contributed by atoms with E-state index in [-0.39, 0.29) is 5.56 Å². The highest BCUT2D eigenvalue weighted by atomic mass is 35.5. The molecule has 180 valence electrons. The van der Waals surface area contributed by atoms with Crippen molar-refractivity contribution < 1.29 is 0 Å². The summed E-state index contributed by atoms with van der Waals surface area (Å²) in [5.41, 5.74) is 4.18. The zero-order chi connectivity index (χ0) is 25.4. The highest BCUT2D eigenvalue weighted by Gasteiger charge is 2.13. The molecule has 0 aliphatic rings. The van der Waals surface area contributed by atoms with E-state index in [2.05, 4.69) is 15.7 Å². The molecular weight excluding hydrogens is 503 g/mol. The van der Waals surface area contributed by atoms with Gasteiger partial charge in [0.15, 0.2) is 5.82 Å². The van der Waals surface area contributed by atoms with Crippen LogP contribution in [0.15, 0.2) is 113 Å². The monoisotopic (exact) mass is 522 g/mol. The van der Waals surface area contributed by atoms with Crippen LogP contribution in [0.4, 0.5) is 0 Å². The predicted molar refractivity (Wildman–Crippen MR) is 152 cm³/mol. The van der Waals surface area contributed by atoms with Crippen molar-refractivity contribution in [2.24, 2.45) is 5.10 Å². The molecule has 0 saturated heterocycles. The van der Waals surface area contributed by atoms with Crippen molar-refractivity contribution in [2.75, 3.05) is 0 Å². The normalized spacial score (nSPS) is 11.6. The average molecular weight is 523 g/mol. The van der Waals surface area contributed by atoms with Crippen LogP contribution in [0.5, 0.6) is 0 Å². The van der Waals surface area contributed by atoms with Crippen LogP contribution in [-0.4, -0.2) is 20.4 Å². The van der Waals surface area contributed by atoms with Gasteiger partial charge in [0.2, 0.25) is 0 Å². The molecule has 0 aliphatic heterocycles. The van der Waals surface area contributed by atoms with Gasteiger partial charge in [0.1, 0.15) is 0 Å². The van der Waals surface area contributed by atoms with E-state index >= 15 is 0 Å². The molecular formula is C30H20Cl2N4O. The molecule has 0 saturated carbocycles. The average Bonchev–Trinajstić information content (AvgIpc) is 3.28. The van der Waals surface area contributed by atoms with Crippen molar-refractivity contribution in [1.29, 1.82) is 0 Å². The van der Waals surface area contributed by atoms with Crippen molar-refractivity contribution in [3.8, 4) is 11.4 Å². The molecule has 0 spiro atoms. The topological polar surface area (TPSA) is 52.2 Å². The third-order valence-corrected chi connectivity index (χ3v) is 6.99. The number of rotatable bonds is 5. The lowest BCUT2D eigenvalue weighted by Gasteiger charge is -2.09. The summed E-state index contributed by atoms with van der Waals surface area (Å²) in [5.74, 6) is 0.486. The van der Waals surface area contributed by atoms with E-state index in [1.807, 2.05) is 85.1 Å². The SMILES string of the molecule is O=c1c2ccccc2nc(-c2ccccc2)n1N=Cc1cn(Cc2ccc(Cl)c(Cl)c2)c2ccccc12. The smallest absolute Gasteiger partial charge is 0.282 e. The standard InChI is InChI=1S/C30H20Cl2N4O/c31-25-15-14-20(16-26(25)32)18-35-19-22(23-10-5-7-13-28(23)35)17-33-36-29(21-8-2-1-3-9-21)34-27-12-6-4-11-24(27)30(36)37/h1-17,19H,18H2. The molecule has 4 aromatic carbocycles. The second kappa shape index (κ2) is 9.69. The molecule has 2 heterocycles. The fraction of sp³-hybridized carbons (Fsp3) is 0.0333. The van der Waals surface area contributed by atoms with E-state index < -0.39 is 0 Å². The van der Waals surface area contributed by atoms with Gasteiger partial charge < -0.3 is 4.57 Å². The van der Waals surface area contributed by atoms with Crippen molar-refractivity contribution in [3.05, 3.63) is 135 Å². The maximum Gasteiger partial charge on any atom is 0.282 e. The van der Waals surface area contributed by atoms with Gasteiger partial charge in [-0.3, -0.25) is 4.79 Å². The summed E-state index contributed by atoms with van der Waals surface area (Å²) in [6, 6.07) is 30.7. The molecule has 0 atom stereocenters. The van der Waals surface area contributed by atoms with Crippen LogP contribution in [0.3, 0.4) is 0 Å². The summed E-state index contributed by atoms with van der Waals surface area (Å²) in [5, 5.41) is 7.25. The maximum absolute atomic E-state index is 13.5. The number of hydrogen-bond donors (Lipinski definition) is 0. The van der Waals surface area contributed by atoms with Crippen molar-refractivity contribution in [1.82, 2.24) is 14.2 Å². The number of para-hydroxylation sites is 2. The van der Waals surface area contributed by atoms with E-state index in [4.69, 9.17) is 28.2 Å². The number of halogens is 2. The number of aromatic nitrogens is 3. The van der Waals surface area contributed by atoms with Crippen LogP contribution in [0.2, 0.25) is 10.0 Å². The van der Waals surface area contributed by atoms with Crippen molar-refractivity contribution in [3.63, 3.8) is 0 Å². The number of fused-ring (bicyclic) bond motifs is 2. The molecule has 0 aliphatic carbocycles. The van der Waals surface area contributed by atoms with E-state index in [9.17, 15) is 4.79 Å². The molecule has 6 rings (SSSR count). The zero-order valence-electron chi connectivity index (χ0n) is 19.6. The molecule has 0 amide bonds. The van der Waals surface area contributed by atoms with Gasteiger partial charge >= 0.3 is 0 Å². The van der Waals surface area contributed by atoms with Crippen LogP contribution < -0.4 is 5.56 Å². The van der Waals surface area contributed by atoms with Crippen molar-refractivity contribution >= 4 is 51.2 Å². The summed E-state index contributed by atoms with van der Waals surface area (Å²) >= 11 is 12.3. The van der Waals surface area contributed by atoms with E-state index in [1.54, 1.807) is 18.3 Å². The Morgan fingerprint density at radius 3 is 2.35 bits per heavy atom. The summed E-state index contributed by atoms with van der Waals surface area (Å²) in [7, 11) is 0. The minimum Gasteiger partial charge on any atom is -0.342 e. The van der Waals surface area contributed by atoms with Gasteiger partial charge in [0.05, 0.1) is 27.2 Å². The Morgan fingerprint density at radius 1 is 0.811 bits per heavy atom. The Balaban J connectivity index is 1.47. The highest BCUT2D eigenvalue weighted by Crippen LogP contribution is 2.26. The zero-order valence-corrected chi connectivity index (χ0v) is 21.1. The molecule has 0 N–H and O–H groups in total. The Bertz CT molecular complexity index is 1860. The Hall–Kier alpha value is -4.19. The quantitative estimate of drug-likeness (QED) is 0.224. The molecule has 6 aromatic rings. The summed E-state index contributed by atoms with van der Waals surface area (Å²) < 4.78 is 3.51. The molecule has 2 aromatic heterocycles. The lowest BCUT2D eigenvalue weighted by molar-refractivity contribution is 0.826. The Labute approximate surface area is 222 Å². The Kier molecular flexibility index (Phi) is 6.08. The second-order valence-corrected chi connectivity index (χ2v) is 9.47. The molecule has 37 heavy (non-hydrogen) atoms. The minimum absolute atomic E-state index is 0.222. The van der Waals surface area contributed by atoms with Crippen LogP contribution in [0.1, 0.15) is 11.1 Å². The fourth-order valence-electron chi connectivity index (χ4n) is 4.47. The summed E-state index contributed by atoms with van der Waals surface area (Å²) in [6.45, 7) is 0.609. The van der Waals surface area contributed by atoms with Gasteiger partial charge in [-0.15, -0.1) is 0 Å². The minimum atomic E-state index is -0.222.